The van der Waals surface area contributed by atoms with Gasteiger partial charge in [-0.05, 0) is 46.9 Å². The summed E-state index contributed by atoms with van der Waals surface area (Å²) in [5.74, 6) is 0.216. The van der Waals surface area contributed by atoms with Gasteiger partial charge in [-0.2, -0.15) is 0 Å². The van der Waals surface area contributed by atoms with Crippen LogP contribution in [0.3, 0.4) is 0 Å². The minimum atomic E-state index is -0.700. The quantitative estimate of drug-likeness (QED) is 0.0996. The Hall–Kier alpha value is -3.05. The van der Waals surface area contributed by atoms with E-state index in [-0.39, 0.29) is 36.5 Å². The van der Waals surface area contributed by atoms with Crippen molar-refractivity contribution in [2.45, 2.75) is 57.6 Å². The number of ether oxygens (including phenoxy) is 2. The molecule has 2 aliphatic heterocycles. The number of hydrogen-bond donors (Lipinski definition) is 0. The van der Waals surface area contributed by atoms with E-state index in [9.17, 15) is 19.2 Å². The number of benzene rings is 2. The Balaban J connectivity index is 1.28. The normalized spacial score (nSPS) is 17.3. The third kappa shape index (κ3) is 6.07. The summed E-state index contributed by atoms with van der Waals surface area (Å²) in [7, 11) is 3.84. The third-order valence-corrected chi connectivity index (χ3v) is 11.9. The predicted octanol–water partition coefficient (Wildman–Crippen LogP) is 5.78. The van der Waals surface area contributed by atoms with Crippen LogP contribution in [0.2, 0.25) is 5.21 Å². The summed E-state index contributed by atoms with van der Waals surface area (Å²) in [5.41, 5.74) is 5.45. The van der Waals surface area contributed by atoms with Gasteiger partial charge in [0.05, 0.1) is 20.8 Å². The van der Waals surface area contributed by atoms with E-state index in [2.05, 4.69) is 0 Å². The molecule has 47 heavy (non-hydrogen) atoms. The molecule has 0 aliphatic carbocycles. The zero-order valence-corrected chi connectivity index (χ0v) is 30.3. The first-order chi connectivity index (χ1) is 22.2. The number of aryl methyl sites for hydroxylation is 2. The number of thiophene rings is 2. The van der Waals surface area contributed by atoms with Crippen LogP contribution in [0.5, 0.6) is 11.5 Å². The first kappa shape index (κ1) is 33.8. The van der Waals surface area contributed by atoms with Crippen molar-refractivity contribution in [1.29, 1.82) is 0 Å². The largest absolute Gasteiger partial charge is 0.425 e. The molecule has 2 aliphatic rings. The smallest absolute Gasteiger partial charge is 0.308 e. The summed E-state index contributed by atoms with van der Waals surface area (Å²) in [5, 5.41) is 5.29. The highest BCUT2D eigenvalue weighted by atomic mass is 35.5. The SMILES string of the molecule is BC(B)(CC(=O)N1C[C@@H](CCl)c2c1cc(OC(C)=O)c1scc(C)c21)CC(=O)N1C[C@@H](CCl)c2c1cc(OC(C)=O)c1scc(C)c21. The summed E-state index contributed by atoms with van der Waals surface area (Å²) >= 11 is 15.9. The molecule has 0 bridgehead atoms. The van der Waals surface area contributed by atoms with E-state index in [1.165, 1.54) is 36.5 Å². The summed E-state index contributed by atoms with van der Waals surface area (Å²) in [6, 6.07) is 3.55. The van der Waals surface area contributed by atoms with Crippen molar-refractivity contribution in [3.63, 3.8) is 0 Å². The topological polar surface area (TPSA) is 93.2 Å². The Morgan fingerprint density at radius 3 is 1.51 bits per heavy atom. The van der Waals surface area contributed by atoms with Crippen LogP contribution >= 0.6 is 45.9 Å². The zero-order chi connectivity index (χ0) is 33.9. The van der Waals surface area contributed by atoms with Gasteiger partial charge in [0.1, 0.15) is 15.7 Å². The summed E-state index contributed by atoms with van der Waals surface area (Å²) in [6.07, 6.45) is 0.218. The molecule has 4 aromatic rings. The maximum Gasteiger partial charge on any atom is 0.308 e. The first-order valence-corrected chi connectivity index (χ1v) is 18.3. The van der Waals surface area contributed by atoms with Crippen LogP contribution in [0, 0.1) is 13.8 Å². The number of nitrogens with zero attached hydrogens (tertiary/aromatic N) is 2. The molecule has 0 radical (unpaired) electrons. The predicted molar refractivity (Wildman–Crippen MR) is 196 cm³/mol. The monoisotopic (exact) mass is 710 g/mol. The van der Waals surface area contributed by atoms with Gasteiger partial charge in [-0.1, -0.05) is 5.21 Å². The number of halogens is 2. The number of fused-ring (bicyclic) bond motifs is 6. The van der Waals surface area contributed by atoms with Crippen molar-refractivity contribution in [2.75, 3.05) is 34.6 Å². The third-order valence-electron chi connectivity index (χ3n) is 8.97. The Kier molecular flexibility index (Phi) is 9.19. The number of rotatable bonds is 8. The summed E-state index contributed by atoms with van der Waals surface area (Å²) < 4.78 is 12.9. The minimum absolute atomic E-state index is 0.0834. The number of anilines is 2. The van der Waals surface area contributed by atoms with E-state index in [1.54, 1.807) is 21.9 Å². The molecule has 0 fully saturated rings. The van der Waals surface area contributed by atoms with E-state index < -0.39 is 17.2 Å². The molecule has 2 amide bonds. The highest BCUT2D eigenvalue weighted by Crippen LogP contribution is 2.51. The molecule has 6 rings (SSSR count). The second kappa shape index (κ2) is 12.8. The molecule has 0 spiro atoms. The average molecular weight is 711 g/mol. The highest BCUT2D eigenvalue weighted by molar-refractivity contribution is 7.18. The molecule has 0 unspecified atom stereocenters. The number of amides is 2. The molecule has 0 saturated heterocycles. The maximum atomic E-state index is 14.1. The molecule has 2 aromatic carbocycles. The molecular formula is C33H34B2Cl2N2O6S2. The van der Waals surface area contributed by atoms with Gasteiger partial charge >= 0.3 is 11.9 Å². The van der Waals surface area contributed by atoms with Crippen molar-refractivity contribution >= 4 is 117 Å². The standard InChI is InChI=1S/C33H34B2Cl2N2O6S2/c1-15-13-46-31-23(44-17(3)40)5-21-29(27(15)31)19(9-36)11-38(21)25(42)7-33(34,35)8-26(43)39-12-20(10-37)30-22(39)6-24(45-18(4)41)32-28(30)16(2)14-47-32/h5-6,13-14,19-20H,7-12,34-35H2,1-4H3/t19-,20-/m1/s1. The average Bonchev–Trinajstić information content (AvgIpc) is 3.75. The number of carbonyl (C=O) groups excluding carboxylic acids is 4. The summed E-state index contributed by atoms with van der Waals surface area (Å²) in [6.45, 7) is 7.54. The lowest BCUT2D eigenvalue weighted by molar-refractivity contribution is -0.132. The van der Waals surface area contributed by atoms with Gasteiger partial charge < -0.3 is 19.3 Å². The Bertz CT molecular complexity index is 1840. The van der Waals surface area contributed by atoms with Gasteiger partial charge in [-0.25, -0.2) is 0 Å². The maximum absolute atomic E-state index is 14.1. The van der Waals surface area contributed by atoms with Gasteiger partial charge in [0.2, 0.25) is 11.8 Å². The number of alkyl halides is 2. The van der Waals surface area contributed by atoms with Crippen LogP contribution in [0.25, 0.3) is 20.2 Å². The lowest BCUT2D eigenvalue weighted by Gasteiger charge is -2.29. The molecule has 8 nitrogen and oxygen atoms in total. The van der Waals surface area contributed by atoms with Gasteiger partial charge in [0, 0.05) is 86.3 Å². The molecule has 14 heteroatoms. The van der Waals surface area contributed by atoms with Crippen LogP contribution in [0.1, 0.15) is 60.8 Å². The van der Waals surface area contributed by atoms with Crippen molar-refractivity contribution < 1.29 is 28.7 Å². The first-order valence-electron chi connectivity index (χ1n) is 15.4. The Morgan fingerprint density at radius 1 is 0.787 bits per heavy atom. The lowest BCUT2D eigenvalue weighted by Crippen LogP contribution is -2.37. The second-order valence-corrected chi connectivity index (χ2v) is 15.7. The zero-order valence-electron chi connectivity index (χ0n) is 27.1. The van der Waals surface area contributed by atoms with E-state index in [0.29, 0.717) is 47.7 Å². The van der Waals surface area contributed by atoms with E-state index in [4.69, 9.17) is 32.7 Å². The van der Waals surface area contributed by atoms with Gasteiger partial charge in [-0.15, -0.1) is 45.9 Å². The molecule has 244 valence electrons. The number of esters is 2. The Morgan fingerprint density at radius 2 is 1.17 bits per heavy atom. The van der Waals surface area contributed by atoms with Crippen molar-refractivity contribution in [1.82, 2.24) is 0 Å². The lowest BCUT2D eigenvalue weighted by atomic mass is 9.50. The van der Waals surface area contributed by atoms with E-state index >= 15 is 0 Å². The molecule has 2 atom stereocenters. The molecule has 2 aromatic heterocycles. The van der Waals surface area contributed by atoms with Gasteiger partial charge in [0.15, 0.2) is 11.5 Å². The van der Waals surface area contributed by atoms with Crippen LogP contribution in [-0.2, 0) is 19.2 Å². The summed E-state index contributed by atoms with van der Waals surface area (Å²) in [4.78, 5) is 55.5. The van der Waals surface area contributed by atoms with Gasteiger partial charge in [0.25, 0.3) is 0 Å². The van der Waals surface area contributed by atoms with E-state index in [1.807, 2.05) is 40.3 Å². The fourth-order valence-corrected chi connectivity index (χ4v) is 9.60. The number of carbonyl (C=O) groups is 4. The van der Waals surface area contributed by atoms with Crippen LogP contribution in [0.15, 0.2) is 22.9 Å². The fraction of sp³-hybridized carbons (Fsp3) is 0.394. The van der Waals surface area contributed by atoms with E-state index in [0.717, 1.165) is 42.4 Å². The van der Waals surface area contributed by atoms with Crippen molar-refractivity contribution in [3.05, 3.63) is 45.1 Å². The minimum Gasteiger partial charge on any atom is -0.425 e. The fourth-order valence-electron chi connectivity index (χ4n) is 7.06. The van der Waals surface area contributed by atoms with Crippen LogP contribution in [0.4, 0.5) is 11.4 Å². The highest BCUT2D eigenvalue weighted by Gasteiger charge is 2.40. The van der Waals surface area contributed by atoms with Crippen LogP contribution in [-0.4, -0.2) is 64.3 Å². The van der Waals surface area contributed by atoms with Gasteiger partial charge in [-0.3, -0.25) is 19.2 Å². The molecule has 0 N–H and O–H groups in total. The molecule has 4 heterocycles. The number of hydrogen-bond acceptors (Lipinski definition) is 8. The van der Waals surface area contributed by atoms with Crippen LogP contribution < -0.4 is 19.3 Å². The molecular weight excluding hydrogens is 677 g/mol. The Labute approximate surface area is 293 Å². The second-order valence-electron chi connectivity index (χ2n) is 13.3. The molecule has 0 saturated carbocycles. The van der Waals surface area contributed by atoms with Crippen molar-refractivity contribution in [3.8, 4) is 11.5 Å². The van der Waals surface area contributed by atoms with Crippen molar-refractivity contribution in [2.24, 2.45) is 0 Å².